The van der Waals surface area contributed by atoms with Crippen molar-refractivity contribution in [3.63, 3.8) is 0 Å². The lowest BCUT2D eigenvalue weighted by Crippen LogP contribution is -2.37. The molecular formula is C22H23ClN2O6. The number of fused-ring (bicyclic) bond motifs is 1. The summed E-state index contributed by atoms with van der Waals surface area (Å²) in [5.74, 6) is -0.522. The molecule has 9 heteroatoms. The Morgan fingerprint density at radius 2 is 1.84 bits per heavy atom. The van der Waals surface area contributed by atoms with Crippen molar-refractivity contribution in [1.82, 2.24) is 4.90 Å². The van der Waals surface area contributed by atoms with Crippen LogP contribution in [0.2, 0.25) is 5.02 Å². The Hall–Kier alpha value is -3.26. The van der Waals surface area contributed by atoms with Crippen LogP contribution in [-0.4, -0.2) is 56.1 Å². The van der Waals surface area contributed by atoms with Crippen molar-refractivity contribution >= 4 is 35.1 Å². The number of aryl methyl sites for hydroxylation is 1. The fraction of sp³-hybridized carbons (Fsp3) is 0.318. The molecule has 1 aliphatic rings. The van der Waals surface area contributed by atoms with Crippen LogP contribution in [0.1, 0.15) is 11.1 Å². The first-order valence-electron chi connectivity index (χ1n) is 9.66. The average molecular weight is 447 g/mol. The van der Waals surface area contributed by atoms with Gasteiger partial charge in [0.2, 0.25) is 5.91 Å². The molecule has 0 radical (unpaired) electrons. The third-order valence-electron chi connectivity index (χ3n) is 4.50. The molecule has 0 saturated heterocycles. The summed E-state index contributed by atoms with van der Waals surface area (Å²) in [5, 5.41) is 3.05. The van der Waals surface area contributed by atoms with Crippen LogP contribution in [0.3, 0.4) is 0 Å². The van der Waals surface area contributed by atoms with Crippen LogP contribution >= 0.6 is 11.6 Å². The van der Waals surface area contributed by atoms with Crippen molar-refractivity contribution in [3.05, 3.63) is 52.5 Å². The minimum Gasteiger partial charge on any atom is -0.486 e. The van der Waals surface area contributed by atoms with Gasteiger partial charge in [-0.3, -0.25) is 14.4 Å². The number of likely N-dealkylation sites (N-methyl/N-ethyl adjacent to an activating group) is 1. The molecule has 0 unspecified atom stereocenters. The van der Waals surface area contributed by atoms with E-state index in [1.54, 1.807) is 24.3 Å². The third-order valence-corrected chi connectivity index (χ3v) is 4.78. The average Bonchev–Trinajstić information content (AvgIpc) is 2.73. The van der Waals surface area contributed by atoms with Crippen LogP contribution in [-0.2, 0) is 25.5 Å². The van der Waals surface area contributed by atoms with Gasteiger partial charge in [0, 0.05) is 12.7 Å². The highest BCUT2D eigenvalue weighted by molar-refractivity contribution is 6.32. The van der Waals surface area contributed by atoms with E-state index in [0.717, 1.165) is 5.56 Å². The number of nitrogens with zero attached hydrogens (tertiary/aromatic N) is 1. The second kappa shape index (κ2) is 10.2. The molecule has 0 aromatic heterocycles. The number of ether oxygens (including phenoxy) is 3. The minimum absolute atomic E-state index is 0.0821. The lowest BCUT2D eigenvalue weighted by molar-refractivity contribution is -0.151. The molecule has 0 saturated carbocycles. The van der Waals surface area contributed by atoms with E-state index in [2.05, 4.69) is 5.32 Å². The summed E-state index contributed by atoms with van der Waals surface area (Å²) in [7, 11) is 1.46. The molecule has 2 aromatic rings. The number of halogens is 1. The molecule has 0 aliphatic carbocycles. The molecule has 2 amide bonds. The number of esters is 1. The van der Waals surface area contributed by atoms with Gasteiger partial charge in [-0.25, -0.2) is 0 Å². The topological polar surface area (TPSA) is 94.2 Å². The zero-order chi connectivity index (χ0) is 22.4. The fourth-order valence-electron chi connectivity index (χ4n) is 2.88. The maximum absolute atomic E-state index is 12.2. The Morgan fingerprint density at radius 1 is 1.13 bits per heavy atom. The van der Waals surface area contributed by atoms with Gasteiger partial charge in [-0.05, 0) is 36.8 Å². The standard InChI is InChI=1S/C22H23ClN2O6/c1-14-3-5-16(6-4-14)24-19(26)12-25(2)20(27)13-31-21(28)11-15-9-17(23)22-18(10-15)29-7-8-30-22/h3-6,9-10H,7-8,11-13H2,1-2H3,(H,24,26). The highest BCUT2D eigenvalue weighted by Crippen LogP contribution is 2.38. The zero-order valence-corrected chi connectivity index (χ0v) is 18.0. The summed E-state index contributed by atoms with van der Waals surface area (Å²) in [6, 6.07) is 10.6. The second-order valence-corrected chi connectivity index (χ2v) is 7.51. The van der Waals surface area contributed by atoms with E-state index in [4.69, 9.17) is 25.8 Å². The predicted molar refractivity (Wildman–Crippen MR) is 115 cm³/mol. The quantitative estimate of drug-likeness (QED) is 0.657. The lowest BCUT2D eigenvalue weighted by Gasteiger charge is -2.20. The summed E-state index contributed by atoms with van der Waals surface area (Å²) in [4.78, 5) is 37.6. The lowest BCUT2D eigenvalue weighted by atomic mass is 10.1. The highest BCUT2D eigenvalue weighted by Gasteiger charge is 2.19. The van der Waals surface area contributed by atoms with Gasteiger partial charge in [-0.2, -0.15) is 0 Å². The maximum Gasteiger partial charge on any atom is 0.310 e. The number of carbonyl (C=O) groups is 3. The summed E-state index contributed by atoms with van der Waals surface area (Å²) in [6.07, 6.45) is -0.0821. The SMILES string of the molecule is Cc1ccc(NC(=O)CN(C)C(=O)COC(=O)Cc2cc(Cl)c3c(c2)OCCO3)cc1. The van der Waals surface area contributed by atoms with Crippen molar-refractivity contribution in [2.75, 3.05) is 38.7 Å². The number of amides is 2. The first-order chi connectivity index (χ1) is 14.8. The van der Waals surface area contributed by atoms with Crippen molar-refractivity contribution < 1.29 is 28.6 Å². The summed E-state index contributed by atoms with van der Waals surface area (Å²) in [5.41, 5.74) is 2.30. The van der Waals surface area contributed by atoms with Crippen LogP contribution in [0.25, 0.3) is 0 Å². The highest BCUT2D eigenvalue weighted by atomic mass is 35.5. The largest absolute Gasteiger partial charge is 0.486 e. The number of hydrogen-bond donors (Lipinski definition) is 1. The van der Waals surface area contributed by atoms with E-state index in [-0.39, 0.29) is 18.9 Å². The smallest absolute Gasteiger partial charge is 0.310 e. The van der Waals surface area contributed by atoms with E-state index in [0.29, 0.717) is 41.0 Å². The fourth-order valence-corrected chi connectivity index (χ4v) is 3.17. The monoisotopic (exact) mass is 446 g/mol. The zero-order valence-electron chi connectivity index (χ0n) is 17.3. The molecule has 0 bridgehead atoms. The van der Waals surface area contributed by atoms with Crippen LogP contribution in [0.15, 0.2) is 36.4 Å². The van der Waals surface area contributed by atoms with Crippen LogP contribution in [0.5, 0.6) is 11.5 Å². The van der Waals surface area contributed by atoms with Gasteiger partial charge in [0.05, 0.1) is 18.0 Å². The first-order valence-corrected chi connectivity index (χ1v) is 10.0. The van der Waals surface area contributed by atoms with Crippen molar-refractivity contribution in [1.29, 1.82) is 0 Å². The summed E-state index contributed by atoms with van der Waals surface area (Å²) < 4.78 is 16.0. The Kier molecular flexibility index (Phi) is 7.36. The number of rotatable bonds is 7. The van der Waals surface area contributed by atoms with E-state index in [1.807, 2.05) is 19.1 Å². The van der Waals surface area contributed by atoms with Gasteiger partial charge >= 0.3 is 5.97 Å². The second-order valence-electron chi connectivity index (χ2n) is 7.10. The Labute approximate surface area is 185 Å². The number of nitrogens with one attached hydrogen (secondary N) is 1. The minimum atomic E-state index is -0.599. The van der Waals surface area contributed by atoms with Gasteiger partial charge in [0.15, 0.2) is 18.1 Å². The Morgan fingerprint density at radius 3 is 2.58 bits per heavy atom. The van der Waals surface area contributed by atoms with Crippen LogP contribution in [0, 0.1) is 6.92 Å². The van der Waals surface area contributed by atoms with Gasteiger partial charge in [-0.15, -0.1) is 0 Å². The number of benzene rings is 2. The van der Waals surface area contributed by atoms with E-state index in [1.165, 1.54) is 11.9 Å². The normalized spacial score (nSPS) is 12.1. The van der Waals surface area contributed by atoms with Crippen LogP contribution in [0.4, 0.5) is 5.69 Å². The molecule has 1 aliphatic heterocycles. The predicted octanol–water partition coefficient (Wildman–Crippen LogP) is 2.60. The van der Waals surface area contributed by atoms with E-state index < -0.39 is 18.5 Å². The van der Waals surface area contributed by atoms with Gasteiger partial charge in [0.1, 0.15) is 13.2 Å². The summed E-state index contributed by atoms with van der Waals surface area (Å²) >= 11 is 6.16. The van der Waals surface area contributed by atoms with Crippen molar-refractivity contribution in [2.45, 2.75) is 13.3 Å². The van der Waals surface area contributed by atoms with Gasteiger partial charge < -0.3 is 24.4 Å². The van der Waals surface area contributed by atoms with Crippen molar-refractivity contribution in [2.24, 2.45) is 0 Å². The van der Waals surface area contributed by atoms with Crippen molar-refractivity contribution in [3.8, 4) is 11.5 Å². The third kappa shape index (κ3) is 6.36. The van der Waals surface area contributed by atoms with Gasteiger partial charge in [0.25, 0.3) is 5.91 Å². The maximum atomic E-state index is 12.2. The van der Waals surface area contributed by atoms with Gasteiger partial charge in [-0.1, -0.05) is 29.3 Å². The molecule has 1 N–H and O–H groups in total. The number of carbonyl (C=O) groups excluding carboxylic acids is 3. The molecule has 0 atom stereocenters. The molecule has 31 heavy (non-hydrogen) atoms. The molecule has 0 fully saturated rings. The first kappa shape index (κ1) is 22.4. The molecule has 2 aromatic carbocycles. The Balaban J connectivity index is 1.45. The molecular weight excluding hydrogens is 424 g/mol. The van der Waals surface area contributed by atoms with E-state index in [9.17, 15) is 14.4 Å². The molecule has 3 rings (SSSR count). The van der Waals surface area contributed by atoms with E-state index >= 15 is 0 Å². The van der Waals surface area contributed by atoms with Crippen LogP contribution < -0.4 is 14.8 Å². The summed E-state index contributed by atoms with van der Waals surface area (Å²) in [6.45, 7) is 2.12. The number of anilines is 1. The molecule has 8 nitrogen and oxygen atoms in total. The Bertz CT molecular complexity index is 977. The molecule has 164 valence electrons. The molecule has 0 spiro atoms. The number of hydrogen-bond acceptors (Lipinski definition) is 6. The molecule has 1 heterocycles.